The third-order valence-electron chi connectivity index (χ3n) is 4.59. The minimum atomic E-state index is -1.69. The number of carbonyl (C=O) groups is 9. The van der Waals surface area contributed by atoms with Crippen LogP contribution in [0.25, 0.3) is 0 Å². The summed E-state index contributed by atoms with van der Waals surface area (Å²) in [5.74, 6) is -8.56. The third-order valence-corrected chi connectivity index (χ3v) is 4.59. The summed E-state index contributed by atoms with van der Waals surface area (Å²) in [6.07, 6.45) is -2.15. The van der Waals surface area contributed by atoms with E-state index in [0.29, 0.717) is 0 Å². The van der Waals surface area contributed by atoms with Crippen molar-refractivity contribution in [3.63, 3.8) is 0 Å². The summed E-state index contributed by atoms with van der Waals surface area (Å²) in [6, 6.07) is -4.60. The zero-order chi connectivity index (χ0) is 29.4. The quantitative estimate of drug-likeness (QED) is 0.0786. The van der Waals surface area contributed by atoms with Gasteiger partial charge in [0.15, 0.2) is 0 Å². The molecule has 0 saturated heterocycles. The highest BCUT2D eigenvalue weighted by molar-refractivity contribution is 5.97. The molecule has 8 amide bonds. The number of carboxylic acid groups (broad SMARTS) is 1. The van der Waals surface area contributed by atoms with E-state index in [1.54, 1.807) is 0 Å². The molecule has 18 heteroatoms. The van der Waals surface area contributed by atoms with E-state index in [0.717, 1.165) is 6.92 Å². The number of nitrogens with one attached hydrogen (secondary N) is 5. The number of primary amides is 3. The Labute approximate surface area is 216 Å². The van der Waals surface area contributed by atoms with Crippen molar-refractivity contribution < 1.29 is 48.3 Å². The fraction of sp³-hybridized carbons (Fsp3) is 0.550. The van der Waals surface area contributed by atoms with Crippen molar-refractivity contribution in [2.24, 2.45) is 17.2 Å². The molecule has 0 unspecified atom stereocenters. The molecule has 12 N–H and O–H groups in total. The summed E-state index contributed by atoms with van der Waals surface area (Å²) in [5, 5.41) is 19.6. The Morgan fingerprint density at radius 3 is 1.55 bits per heavy atom. The van der Waals surface area contributed by atoms with Gasteiger partial charge in [0.2, 0.25) is 47.3 Å². The molecular formula is C20H32N8O10. The van der Waals surface area contributed by atoms with Crippen LogP contribution in [0.15, 0.2) is 0 Å². The number of nitrogens with two attached hydrogens (primary N) is 3. The van der Waals surface area contributed by atoms with Crippen LogP contribution in [0.5, 0.6) is 0 Å². The summed E-state index contributed by atoms with van der Waals surface area (Å²) >= 11 is 0. The van der Waals surface area contributed by atoms with Crippen LogP contribution in [0, 0.1) is 0 Å². The lowest BCUT2D eigenvalue weighted by Crippen LogP contribution is -2.58. The number of hydrogen-bond donors (Lipinski definition) is 9. The first-order valence-electron chi connectivity index (χ1n) is 11.1. The van der Waals surface area contributed by atoms with Crippen LogP contribution >= 0.6 is 0 Å². The molecule has 0 heterocycles. The summed E-state index contributed by atoms with van der Waals surface area (Å²) in [6.45, 7) is -0.160. The molecule has 0 fully saturated rings. The Hall–Kier alpha value is -4.77. The Bertz CT molecular complexity index is 954. The summed E-state index contributed by atoms with van der Waals surface area (Å²) in [4.78, 5) is 106. The highest BCUT2D eigenvalue weighted by Gasteiger charge is 2.31. The van der Waals surface area contributed by atoms with E-state index >= 15 is 0 Å². The lowest BCUT2D eigenvalue weighted by molar-refractivity contribution is -0.139. The van der Waals surface area contributed by atoms with Gasteiger partial charge in [-0.3, -0.25) is 43.2 Å². The molecule has 3 atom stereocenters. The Morgan fingerprint density at radius 1 is 0.632 bits per heavy atom. The van der Waals surface area contributed by atoms with Crippen LogP contribution in [0.1, 0.15) is 39.0 Å². The molecule has 0 aliphatic heterocycles. The number of carbonyl (C=O) groups excluding carboxylic acids is 8. The molecule has 0 spiro atoms. The predicted octanol–water partition coefficient (Wildman–Crippen LogP) is -5.82. The van der Waals surface area contributed by atoms with Gasteiger partial charge in [-0.15, -0.1) is 0 Å². The normalized spacial score (nSPS) is 12.6. The van der Waals surface area contributed by atoms with Gasteiger partial charge < -0.3 is 48.9 Å². The molecule has 0 aliphatic carbocycles. The molecule has 212 valence electrons. The van der Waals surface area contributed by atoms with Crippen molar-refractivity contribution in [3.8, 4) is 0 Å². The maximum atomic E-state index is 12.8. The zero-order valence-corrected chi connectivity index (χ0v) is 20.5. The lowest BCUT2D eigenvalue weighted by Gasteiger charge is -2.24. The van der Waals surface area contributed by atoms with Crippen molar-refractivity contribution >= 4 is 53.2 Å². The van der Waals surface area contributed by atoms with E-state index in [1.807, 2.05) is 5.32 Å². The van der Waals surface area contributed by atoms with Crippen LogP contribution in [0.3, 0.4) is 0 Å². The number of carboxylic acids is 1. The van der Waals surface area contributed by atoms with Crippen LogP contribution in [-0.2, 0) is 43.2 Å². The molecule has 0 rings (SSSR count). The molecule has 0 aromatic heterocycles. The van der Waals surface area contributed by atoms with Crippen LogP contribution < -0.4 is 43.8 Å². The summed E-state index contributed by atoms with van der Waals surface area (Å²) < 4.78 is 0. The van der Waals surface area contributed by atoms with Gasteiger partial charge in [-0.05, 0) is 12.8 Å². The van der Waals surface area contributed by atoms with E-state index in [9.17, 15) is 43.2 Å². The molecular weight excluding hydrogens is 512 g/mol. The molecule has 18 nitrogen and oxygen atoms in total. The molecule has 0 saturated carbocycles. The third kappa shape index (κ3) is 15.3. The highest BCUT2D eigenvalue weighted by Crippen LogP contribution is 2.03. The highest BCUT2D eigenvalue weighted by atomic mass is 16.4. The smallest absolute Gasteiger partial charge is 0.322 e. The average Bonchev–Trinajstić information content (AvgIpc) is 2.80. The van der Waals surface area contributed by atoms with Crippen molar-refractivity contribution in [2.45, 2.75) is 57.2 Å². The minimum Gasteiger partial charge on any atom is -0.480 e. The second-order valence-electron chi connectivity index (χ2n) is 7.94. The number of hydrogen-bond acceptors (Lipinski definition) is 9. The first-order valence-corrected chi connectivity index (χ1v) is 11.1. The van der Waals surface area contributed by atoms with Gasteiger partial charge in [0.05, 0.1) is 13.0 Å². The number of rotatable bonds is 18. The second-order valence-corrected chi connectivity index (χ2v) is 7.94. The molecule has 0 aliphatic rings. The lowest BCUT2D eigenvalue weighted by atomic mass is 10.1. The molecule has 38 heavy (non-hydrogen) atoms. The van der Waals surface area contributed by atoms with Crippen molar-refractivity contribution in [2.75, 3.05) is 13.1 Å². The maximum absolute atomic E-state index is 12.8. The topological polar surface area (TPSA) is 312 Å². The van der Waals surface area contributed by atoms with Crippen LogP contribution in [0.2, 0.25) is 0 Å². The molecule has 0 aromatic carbocycles. The number of amides is 8. The van der Waals surface area contributed by atoms with E-state index in [1.165, 1.54) is 0 Å². The Balaban J connectivity index is 5.69. The SMILES string of the molecule is CC(=O)NCC(=O)N[C@@H](CCC(N)=O)C(=O)N[C@@H](CC(N)=O)C(=O)N[C@@H](CCC(N)=O)C(=O)NCC(=O)O. The van der Waals surface area contributed by atoms with Crippen molar-refractivity contribution in [1.29, 1.82) is 0 Å². The number of aliphatic carboxylic acids is 1. The van der Waals surface area contributed by atoms with E-state index in [4.69, 9.17) is 22.3 Å². The van der Waals surface area contributed by atoms with E-state index in [-0.39, 0.29) is 25.7 Å². The van der Waals surface area contributed by atoms with Gasteiger partial charge in [-0.1, -0.05) is 0 Å². The van der Waals surface area contributed by atoms with Crippen LogP contribution in [0.4, 0.5) is 0 Å². The van der Waals surface area contributed by atoms with Gasteiger partial charge in [0, 0.05) is 19.8 Å². The Morgan fingerprint density at radius 2 is 1.11 bits per heavy atom. The van der Waals surface area contributed by atoms with E-state index in [2.05, 4.69) is 21.3 Å². The fourth-order valence-electron chi connectivity index (χ4n) is 2.80. The van der Waals surface area contributed by atoms with Gasteiger partial charge in [-0.2, -0.15) is 0 Å². The molecule has 0 radical (unpaired) electrons. The minimum absolute atomic E-state index is 0.309. The van der Waals surface area contributed by atoms with Gasteiger partial charge in [0.1, 0.15) is 24.7 Å². The van der Waals surface area contributed by atoms with Crippen LogP contribution in [-0.4, -0.2) is 89.5 Å². The van der Waals surface area contributed by atoms with Gasteiger partial charge in [0.25, 0.3) is 0 Å². The first-order chi connectivity index (χ1) is 17.6. The Kier molecular flexibility index (Phi) is 14.7. The van der Waals surface area contributed by atoms with Gasteiger partial charge >= 0.3 is 5.97 Å². The first kappa shape index (κ1) is 33.2. The van der Waals surface area contributed by atoms with Crippen molar-refractivity contribution in [3.05, 3.63) is 0 Å². The average molecular weight is 545 g/mol. The zero-order valence-electron chi connectivity index (χ0n) is 20.5. The maximum Gasteiger partial charge on any atom is 0.322 e. The predicted molar refractivity (Wildman–Crippen MR) is 126 cm³/mol. The van der Waals surface area contributed by atoms with Gasteiger partial charge in [-0.25, -0.2) is 0 Å². The van der Waals surface area contributed by atoms with E-state index < -0.39 is 90.9 Å². The fourth-order valence-corrected chi connectivity index (χ4v) is 2.80. The molecule has 0 aromatic rings. The largest absolute Gasteiger partial charge is 0.480 e. The monoisotopic (exact) mass is 544 g/mol. The summed E-state index contributed by atoms with van der Waals surface area (Å²) in [7, 11) is 0. The van der Waals surface area contributed by atoms with Crippen molar-refractivity contribution in [1.82, 2.24) is 26.6 Å². The second kappa shape index (κ2) is 16.8. The molecule has 0 bridgehead atoms. The summed E-state index contributed by atoms with van der Waals surface area (Å²) in [5.41, 5.74) is 15.3. The standard InChI is InChI=1S/C20H32N8O10/c1-9(29)24-7-16(33)26-11(3-5-14(22)31)19(37)28-12(6-15(23)32)20(38)27-10(2-4-13(21)30)18(36)25-8-17(34)35/h10-12H,2-8H2,1H3,(H2,21,30)(H2,22,31)(H2,23,32)(H,24,29)(H,25,36)(H,26,33)(H,27,38)(H,28,37)(H,34,35)/t10-,11-,12-/m0/s1.